The lowest BCUT2D eigenvalue weighted by atomic mass is 9.74. The summed E-state index contributed by atoms with van der Waals surface area (Å²) in [6.45, 7) is 3.59. The van der Waals surface area contributed by atoms with Crippen LogP contribution in [0.15, 0.2) is 18.2 Å². The quantitative estimate of drug-likeness (QED) is 0.729. The zero-order chi connectivity index (χ0) is 17.6. The highest BCUT2D eigenvalue weighted by atomic mass is 32.2. The highest BCUT2D eigenvalue weighted by molar-refractivity contribution is 7.87. The fraction of sp³-hybridized carbons (Fsp3) is 0.625. The average Bonchev–Trinajstić information content (AvgIpc) is 2.60. The van der Waals surface area contributed by atoms with Gasteiger partial charge in [-0.1, -0.05) is 13.0 Å². The van der Waals surface area contributed by atoms with Gasteiger partial charge in [0.25, 0.3) is 10.2 Å². The van der Waals surface area contributed by atoms with Crippen LogP contribution in [0.1, 0.15) is 25.3 Å². The molecule has 1 heterocycles. The first-order chi connectivity index (χ1) is 11.5. The summed E-state index contributed by atoms with van der Waals surface area (Å²) >= 11 is 0. The Hall–Kier alpha value is -1.35. The van der Waals surface area contributed by atoms with Crippen molar-refractivity contribution < 1.29 is 22.6 Å². The van der Waals surface area contributed by atoms with Crippen molar-refractivity contribution in [1.29, 1.82) is 0 Å². The van der Waals surface area contributed by atoms with Crippen LogP contribution in [-0.4, -0.2) is 48.9 Å². The van der Waals surface area contributed by atoms with E-state index in [1.54, 1.807) is 21.1 Å². The van der Waals surface area contributed by atoms with Crippen molar-refractivity contribution in [2.24, 2.45) is 0 Å². The molecule has 0 saturated carbocycles. The van der Waals surface area contributed by atoms with Crippen LogP contribution >= 0.6 is 0 Å². The molecule has 2 rings (SSSR count). The van der Waals surface area contributed by atoms with Crippen LogP contribution in [0.4, 0.5) is 0 Å². The summed E-state index contributed by atoms with van der Waals surface area (Å²) in [5.74, 6) is 1.28. The van der Waals surface area contributed by atoms with Gasteiger partial charge in [-0.15, -0.1) is 0 Å². The molecule has 2 N–H and O–H groups in total. The normalized spacial score (nSPS) is 17.5. The van der Waals surface area contributed by atoms with E-state index in [1.807, 2.05) is 18.2 Å². The summed E-state index contributed by atoms with van der Waals surface area (Å²) in [5, 5.41) is 0. The van der Waals surface area contributed by atoms with Gasteiger partial charge in [-0.3, -0.25) is 0 Å². The van der Waals surface area contributed by atoms with E-state index < -0.39 is 10.2 Å². The third-order valence-electron chi connectivity index (χ3n) is 4.38. The molecule has 0 radical (unpaired) electrons. The highest BCUT2D eigenvalue weighted by Crippen LogP contribution is 2.38. The Morgan fingerprint density at radius 3 is 2.38 bits per heavy atom. The summed E-state index contributed by atoms with van der Waals surface area (Å²) in [5.41, 5.74) is 0.683. The number of rotatable bonds is 8. The lowest BCUT2D eigenvalue weighted by Gasteiger charge is -2.38. The van der Waals surface area contributed by atoms with E-state index in [0.717, 1.165) is 18.4 Å². The monoisotopic (exact) mass is 358 g/mol. The molecule has 1 aliphatic heterocycles. The minimum Gasteiger partial charge on any atom is -0.493 e. The maximum absolute atomic E-state index is 12.0. The molecule has 1 aliphatic rings. The molecule has 0 bridgehead atoms. The molecule has 136 valence electrons. The second-order valence-electron chi connectivity index (χ2n) is 5.78. The van der Waals surface area contributed by atoms with E-state index in [0.29, 0.717) is 37.8 Å². The summed E-state index contributed by atoms with van der Waals surface area (Å²) in [6, 6.07) is 5.74. The SMILES string of the molecule is CCNS(=O)(=O)NCC1(c2ccc(OC)c(OC)c2)CCOCC1. The molecule has 0 atom stereocenters. The number of hydrogen-bond acceptors (Lipinski definition) is 5. The summed E-state index contributed by atoms with van der Waals surface area (Å²) in [6.07, 6.45) is 1.47. The zero-order valence-electron chi connectivity index (χ0n) is 14.4. The Labute approximate surface area is 143 Å². The van der Waals surface area contributed by atoms with Gasteiger partial charge in [0.05, 0.1) is 14.2 Å². The van der Waals surface area contributed by atoms with Crippen molar-refractivity contribution in [1.82, 2.24) is 9.44 Å². The third-order valence-corrected chi connectivity index (χ3v) is 5.57. The molecular formula is C16H26N2O5S. The van der Waals surface area contributed by atoms with Gasteiger partial charge in [-0.2, -0.15) is 8.42 Å². The van der Waals surface area contributed by atoms with Crippen LogP contribution in [-0.2, 0) is 20.4 Å². The molecule has 1 saturated heterocycles. The molecule has 1 aromatic rings. The molecule has 0 spiro atoms. The van der Waals surface area contributed by atoms with Crippen molar-refractivity contribution in [3.63, 3.8) is 0 Å². The minimum absolute atomic E-state index is 0.307. The van der Waals surface area contributed by atoms with Gasteiger partial charge in [0.15, 0.2) is 11.5 Å². The Bertz CT molecular complexity index is 642. The number of methoxy groups -OCH3 is 2. The summed E-state index contributed by atoms with van der Waals surface area (Å²) < 4.78 is 45.2. The minimum atomic E-state index is -3.50. The predicted molar refractivity (Wildman–Crippen MR) is 91.9 cm³/mol. The summed E-state index contributed by atoms with van der Waals surface area (Å²) in [4.78, 5) is 0. The van der Waals surface area contributed by atoms with Crippen LogP contribution in [0.2, 0.25) is 0 Å². The van der Waals surface area contributed by atoms with Crippen molar-refractivity contribution in [3.05, 3.63) is 23.8 Å². The number of nitrogens with one attached hydrogen (secondary N) is 2. The number of ether oxygens (including phenoxy) is 3. The maximum Gasteiger partial charge on any atom is 0.276 e. The van der Waals surface area contributed by atoms with Gasteiger partial charge in [0.2, 0.25) is 0 Å². The molecule has 0 aliphatic carbocycles. The van der Waals surface area contributed by atoms with Crippen LogP contribution in [0.5, 0.6) is 11.5 Å². The number of benzene rings is 1. The third kappa shape index (κ3) is 4.38. The van der Waals surface area contributed by atoms with Crippen LogP contribution < -0.4 is 18.9 Å². The predicted octanol–water partition coefficient (Wildman–Crippen LogP) is 1.20. The summed E-state index contributed by atoms with van der Waals surface area (Å²) in [7, 11) is -0.323. The van der Waals surface area contributed by atoms with Crippen molar-refractivity contribution in [2.45, 2.75) is 25.2 Å². The van der Waals surface area contributed by atoms with Gasteiger partial charge >= 0.3 is 0 Å². The Kier molecular flexibility index (Phi) is 6.45. The lowest BCUT2D eigenvalue weighted by Crippen LogP contribution is -2.47. The molecule has 24 heavy (non-hydrogen) atoms. The standard InChI is InChI=1S/C16H26N2O5S/c1-4-17-24(19,20)18-12-16(7-9-23-10-8-16)13-5-6-14(21-2)15(11-13)22-3/h5-6,11,17-18H,4,7-10,12H2,1-3H3. The van der Waals surface area contributed by atoms with Crippen LogP contribution in [0.3, 0.4) is 0 Å². The molecule has 1 aromatic carbocycles. The van der Waals surface area contributed by atoms with Gasteiger partial charge < -0.3 is 14.2 Å². The average molecular weight is 358 g/mol. The fourth-order valence-electron chi connectivity index (χ4n) is 2.97. The Balaban J connectivity index is 2.30. The van der Waals surface area contributed by atoms with E-state index in [9.17, 15) is 8.42 Å². The molecule has 7 nitrogen and oxygen atoms in total. The van der Waals surface area contributed by atoms with Gasteiger partial charge in [-0.25, -0.2) is 9.44 Å². The second kappa shape index (κ2) is 8.15. The molecular weight excluding hydrogens is 332 g/mol. The molecule has 1 fully saturated rings. The topological polar surface area (TPSA) is 85.9 Å². The lowest BCUT2D eigenvalue weighted by molar-refractivity contribution is 0.0516. The Morgan fingerprint density at radius 2 is 1.79 bits per heavy atom. The van der Waals surface area contributed by atoms with Crippen molar-refractivity contribution in [3.8, 4) is 11.5 Å². The van der Waals surface area contributed by atoms with E-state index >= 15 is 0 Å². The van der Waals surface area contributed by atoms with Crippen LogP contribution in [0, 0.1) is 0 Å². The number of hydrogen-bond donors (Lipinski definition) is 2. The zero-order valence-corrected chi connectivity index (χ0v) is 15.2. The van der Waals surface area contributed by atoms with Gasteiger partial charge in [0, 0.05) is 31.7 Å². The van der Waals surface area contributed by atoms with E-state index in [-0.39, 0.29) is 5.41 Å². The molecule has 0 unspecified atom stereocenters. The van der Waals surface area contributed by atoms with Crippen LogP contribution in [0.25, 0.3) is 0 Å². The largest absolute Gasteiger partial charge is 0.493 e. The van der Waals surface area contributed by atoms with E-state index in [4.69, 9.17) is 14.2 Å². The van der Waals surface area contributed by atoms with Crippen molar-refractivity contribution in [2.75, 3.05) is 40.5 Å². The second-order valence-corrected chi connectivity index (χ2v) is 7.37. The first-order valence-electron chi connectivity index (χ1n) is 8.01. The van der Waals surface area contributed by atoms with Gasteiger partial charge in [0.1, 0.15) is 0 Å². The highest BCUT2D eigenvalue weighted by Gasteiger charge is 2.36. The van der Waals surface area contributed by atoms with Gasteiger partial charge in [-0.05, 0) is 30.5 Å². The first-order valence-corrected chi connectivity index (χ1v) is 9.49. The first kappa shape index (κ1) is 19.0. The molecule has 8 heteroatoms. The Morgan fingerprint density at radius 1 is 1.12 bits per heavy atom. The van der Waals surface area contributed by atoms with E-state index in [1.165, 1.54) is 0 Å². The molecule has 0 aromatic heterocycles. The fourth-order valence-corrected chi connectivity index (χ4v) is 3.92. The van der Waals surface area contributed by atoms with E-state index in [2.05, 4.69) is 9.44 Å². The van der Waals surface area contributed by atoms with Crippen molar-refractivity contribution >= 4 is 10.2 Å². The molecule has 0 amide bonds. The maximum atomic E-state index is 12.0. The smallest absolute Gasteiger partial charge is 0.276 e.